The summed E-state index contributed by atoms with van der Waals surface area (Å²) in [7, 11) is -1.75. The molecular formula is C16H21N5O3S. The fraction of sp³-hybridized carbons (Fsp3) is 0.375. The minimum Gasteiger partial charge on any atom is -0.486 e. The highest BCUT2D eigenvalue weighted by Gasteiger charge is 2.15. The highest BCUT2D eigenvalue weighted by atomic mass is 32.2. The van der Waals surface area contributed by atoms with E-state index < -0.39 is 10.0 Å². The van der Waals surface area contributed by atoms with Gasteiger partial charge >= 0.3 is 0 Å². The van der Waals surface area contributed by atoms with Crippen LogP contribution in [0, 0.1) is 0 Å². The summed E-state index contributed by atoms with van der Waals surface area (Å²) in [4.78, 5) is 4.28. The zero-order valence-corrected chi connectivity index (χ0v) is 14.8. The van der Waals surface area contributed by atoms with Crippen LogP contribution in [0.2, 0.25) is 0 Å². The molecule has 0 fully saturated rings. The van der Waals surface area contributed by atoms with Gasteiger partial charge in [0.1, 0.15) is 18.7 Å². The Bertz CT molecular complexity index is 843. The Morgan fingerprint density at radius 2 is 2.12 bits per heavy atom. The average Bonchev–Trinajstić information content (AvgIpc) is 3.04. The Hall–Kier alpha value is -2.23. The van der Waals surface area contributed by atoms with Crippen LogP contribution in [0.15, 0.2) is 47.1 Å². The monoisotopic (exact) mass is 363 g/mol. The number of nitrogens with one attached hydrogen (secondary N) is 2. The van der Waals surface area contributed by atoms with Crippen LogP contribution >= 0.6 is 0 Å². The summed E-state index contributed by atoms with van der Waals surface area (Å²) in [5, 5.41) is 7.16. The summed E-state index contributed by atoms with van der Waals surface area (Å²) in [6.45, 7) is 2.27. The molecule has 8 nitrogen and oxygen atoms in total. The summed E-state index contributed by atoms with van der Waals surface area (Å²) in [6, 6.07) is 6.33. The molecule has 0 unspecified atom stereocenters. The number of hydrogen-bond donors (Lipinski definition) is 2. The van der Waals surface area contributed by atoms with Crippen molar-refractivity contribution in [1.29, 1.82) is 0 Å². The first-order chi connectivity index (χ1) is 12.0. The second-order valence-electron chi connectivity index (χ2n) is 5.70. The first-order valence-electron chi connectivity index (χ1n) is 7.98. The first kappa shape index (κ1) is 17.6. The van der Waals surface area contributed by atoms with Crippen molar-refractivity contribution in [3.05, 3.63) is 48.1 Å². The lowest BCUT2D eigenvalue weighted by Gasteiger charge is -2.15. The molecule has 0 amide bonds. The highest BCUT2D eigenvalue weighted by molar-refractivity contribution is 7.89. The number of ether oxygens (including phenoxy) is 1. The maximum absolute atomic E-state index is 12.4. The molecule has 2 N–H and O–H groups in total. The van der Waals surface area contributed by atoms with Gasteiger partial charge in [-0.25, -0.2) is 18.1 Å². The van der Waals surface area contributed by atoms with Crippen LogP contribution in [-0.2, 0) is 23.7 Å². The van der Waals surface area contributed by atoms with Gasteiger partial charge in [-0.3, -0.25) is 4.68 Å². The molecule has 9 heteroatoms. The van der Waals surface area contributed by atoms with Crippen molar-refractivity contribution in [3.8, 4) is 5.75 Å². The number of rotatable bonds is 7. The van der Waals surface area contributed by atoms with E-state index in [-0.39, 0.29) is 11.5 Å². The first-order valence-corrected chi connectivity index (χ1v) is 9.47. The van der Waals surface area contributed by atoms with Crippen LogP contribution in [-0.4, -0.2) is 42.8 Å². The van der Waals surface area contributed by atoms with Crippen LogP contribution in [0.3, 0.4) is 0 Å². The molecule has 0 saturated heterocycles. The van der Waals surface area contributed by atoms with E-state index in [0.29, 0.717) is 18.1 Å². The van der Waals surface area contributed by atoms with Crippen molar-refractivity contribution in [2.75, 3.05) is 19.6 Å². The van der Waals surface area contributed by atoms with Gasteiger partial charge in [0.2, 0.25) is 10.0 Å². The van der Waals surface area contributed by atoms with Gasteiger partial charge in [-0.05, 0) is 37.2 Å². The predicted molar refractivity (Wildman–Crippen MR) is 92.5 cm³/mol. The van der Waals surface area contributed by atoms with Crippen LogP contribution in [0.5, 0.6) is 5.75 Å². The van der Waals surface area contributed by atoms with Crippen LogP contribution in [0.25, 0.3) is 0 Å². The third kappa shape index (κ3) is 4.65. The van der Waals surface area contributed by atoms with Crippen molar-refractivity contribution in [1.82, 2.24) is 24.8 Å². The molecule has 3 rings (SSSR count). The van der Waals surface area contributed by atoms with Crippen molar-refractivity contribution < 1.29 is 13.2 Å². The minimum atomic E-state index is -3.53. The Morgan fingerprint density at radius 1 is 1.32 bits per heavy atom. The molecule has 0 spiro atoms. The van der Waals surface area contributed by atoms with E-state index >= 15 is 0 Å². The van der Waals surface area contributed by atoms with Crippen LogP contribution in [0.1, 0.15) is 12.2 Å². The number of nitrogens with zero attached hydrogens (tertiary/aromatic N) is 3. The Morgan fingerprint density at radius 3 is 2.76 bits per heavy atom. The maximum atomic E-state index is 12.4. The third-order valence-electron chi connectivity index (χ3n) is 3.95. The number of aromatic nitrogens is 3. The van der Waals surface area contributed by atoms with E-state index in [1.807, 2.05) is 6.08 Å². The lowest BCUT2D eigenvalue weighted by molar-refractivity contribution is 0.289. The van der Waals surface area contributed by atoms with Gasteiger partial charge in [0.05, 0.1) is 4.90 Å². The second-order valence-corrected chi connectivity index (χ2v) is 7.47. The normalized spacial score (nSPS) is 15.0. The smallest absolute Gasteiger partial charge is 0.240 e. The molecule has 0 aliphatic carbocycles. The standard InChI is InChI=1S/C16H21N5O3S/c1-21-16(18-12-19-21)11-24-14-2-4-15(5-3-14)25(22,23)20-10-13-6-8-17-9-7-13/h2-6,12,17,20H,7-11H2,1H3. The fourth-order valence-electron chi connectivity index (χ4n) is 2.41. The number of benzene rings is 1. The SMILES string of the molecule is Cn1ncnc1COc1ccc(S(=O)(=O)NCC2=CCNCC2)cc1. The van der Waals surface area contributed by atoms with Crippen molar-refractivity contribution in [2.24, 2.45) is 7.05 Å². The summed E-state index contributed by atoms with van der Waals surface area (Å²) in [5.74, 6) is 1.26. The number of aryl methyl sites for hydroxylation is 1. The molecule has 0 bridgehead atoms. The van der Waals surface area contributed by atoms with Gasteiger partial charge in [-0.15, -0.1) is 0 Å². The van der Waals surface area contributed by atoms with Crippen LogP contribution in [0.4, 0.5) is 0 Å². The van der Waals surface area contributed by atoms with Gasteiger partial charge in [0, 0.05) is 20.1 Å². The summed E-state index contributed by atoms with van der Waals surface area (Å²) >= 11 is 0. The molecule has 1 aromatic heterocycles. The van der Waals surface area contributed by atoms with E-state index in [9.17, 15) is 8.42 Å². The number of hydrogen-bond acceptors (Lipinski definition) is 6. The Balaban J connectivity index is 1.58. The predicted octanol–water partition coefficient (Wildman–Crippen LogP) is 0.592. The van der Waals surface area contributed by atoms with Gasteiger partial charge in [0.15, 0.2) is 5.82 Å². The largest absolute Gasteiger partial charge is 0.486 e. The number of sulfonamides is 1. The highest BCUT2D eigenvalue weighted by Crippen LogP contribution is 2.17. The molecule has 0 atom stereocenters. The zero-order chi connectivity index (χ0) is 17.7. The quantitative estimate of drug-likeness (QED) is 0.699. The molecular weight excluding hydrogens is 342 g/mol. The van der Waals surface area contributed by atoms with Gasteiger partial charge in [-0.2, -0.15) is 5.10 Å². The molecule has 0 radical (unpaired) electrons. The van der Waals surface area contributed by atoms with E-state index in [0.717, 1.165) is 25.1 Å². The second kappa shape index (κ2) is 7.77. The molecule has 2 aromatic rings. The zero-order valence-electron chi connectivity index (χ0n) is 14.0. The van der Waals surface area contributed by atoms with Gasteiger partial charge in [0.25, 0.3) is 0 Å². The van der Waals surface area contributed by atoms with E-state index in [1.165, 1.54) is 18.5 Å². The van der Waals surface area contributed by atoms with Crippen LogP contribution < -0.4 is 14.8 Å². The fourth-order valence-corrected chi connectivity index (χ4v) is 3.45. The van der Waals surface area contributed by atoms with E-state index in [4.69, 9.17) is 4.74 Å². The van der Waals surface area contributed by atoms with Crippen molar-refractivity contribution >= 4 is 10.0 Å². The Kier molecular flexibility index (Phi) is 5.47. The molecule has 0 saturated carbocycles. The van der Waals surface area contributed by atoms with Crippen molar-refractivity contribution in [2.45, 2.75) is 17.9 Å². The summed E-state index contributed by atoms with van der Waals surface area (Å²) < 4.78 is 34.6. The Labute approximate surface area is 147 Å². The molecule has 2 heterocycles. The molecule has 1 aliphatic heterocycles. The molecule has 25 heavy (non-hydrogen) atoms. The molecule has 134 valence electrons. The topological polar surface area (TPSA) is 98.1 Å². The molecule has 1 aromatic carbocycles. The van der Waals surface area contributed by atoms with E-state index in [2.05, 4.69) is 20.1 Å². The molecule has 1 aliphatic rings. The third-order valence-corrected chi connectivity index (χ3v) is 5.37. The maximum Gasteiger partial charge on any atom is 0.240 e. The summed E-state index contributed by atoms with van der Waals surface area (Å²) in [5.41, 5.74) is 1.10. The van der Waals surface area contributed by atoms with E-state index in [1.54, 1.807) is 23.9 Å². The van der Waals surface area contributed by atoms with Gasteiger partial charge < -0.3 is 10.1 Å². The lowest BCUT2D eigenvalue weighted by atomic mass is 10.1. The summed E-state index contributed by atoms with van der Waals surface area (Å²) in [6.07, 6.45) is 4.34. The minimum absolute atomic E-state index is 0.216. The van der Waals surface area contributed by atoms with Crippen molar-refractivity contribution in [3.63, 3.8) is 0 Å². The lowest BCUT2D eigenvalue weighted by Crippen LogP contribution is -2.29. The average molecular weight is 363 g/mol. The van der Waals surface area contributed by atoms with Gasteiger partial charge in [-0.1, -0.05) is 11.6 Å².